The molecule has 0 aliphatic rings. The second kappa shape index (κ2) is 9.83. The number of amides is 2. The number of H-pyrrole nitrogens is 1. The maximum Gasteiger partial charge on any atom is 0.326 e. The van der Waals surface area contributed by atoms with Crippen LogP contribution in [0.5, 0.6) is 0 Å². The molecule has 3 rings (SSSR count). The van der Waals surface area contributed by atoms with E-state index in [1.165, 1.54) is 23.1 Å². The van der Waals surface area contributed by atoms with Crippen LogP contribution in [-0.2, 0) is 16.0 Å². The molecule has 1 aromatic carbocycles. The summed E-state index contributed by atoms with van der Waals surface area (Å²) >= 11 is 2.79. The largest absolute Gasteiger partial charge is 0.480 e. The summed E-state index contributed by atoms with van der Waals surface area (Å²) < 4.78 is 0. The molecule has 0 aliphatic carbocycles. The van der Waals surface area contributed by atoms with Gasteiger partial charge in [0.25, 0.3) is 11.5 Å². The lowest BCUT2D eigenvalue weighted by Crippen LogP contribution is -2.41. The lowest BCUT2D eigenvalue weighted by molar-refractivity contribution is -0.139. The fourth-order valence-electron chi connectivity index (χ4n) is 2.96. The summed E-state index contributed by atoms with van der Waals surface area (Å²) in [7, 11) is 0. The number of carbonyl (C=O) groups is 3. The smallest absolute Gasteiger partial charge is 0.326 e. The van der Waals surface area contributed by atoms with Crippen LogP contribution in [0.15, 0.2) is 38.9 Å². The number of anilines is 1. The van der Waals surface area contributed by atoms with E-state index in [1.807, 2.05) is 6.92 Å². The maximum atomic E-state index is 12.4. The predicted molar refractivity (Wildman–Crippen MR) is 122 cm³/mol. The molecule has 0 radical (unpaired) electrons. The number of nitrogens with zero attached hydrogens (tertiary/aromatic N) is 1. The van der Waals surface area contributed by atoms with Crippen LogP contribution >= 0.6 is 23.1 Å². The Bertz CT molecular complexity index is 1240. The van der Waals surface area contributed by atoms with Crippen molar-refractivity contribution < 1.29 is 19.5 Å². The number of carboxylic acids is 1. The summed E-state index contributed by atoms with van der Waals surface area (Å²) in [6.07, 6.45) is 0.467. The van der Waals surface area contributed by atoms with Crippen molar-refractivity contribution in [1.82, 2.24) is 15.3 Å². The number of aromatic nitrogens is 2. The van der Waals surface area contributed by atoms with Crippen molar-refractivity contribution in [2.45, 2.75) is 42.0 Å². The number of fused-ring (bicyclic) bond motifs is 1. The molecule has 0 saturated heterocycles. The Balaban J connectivity index is 1.79. The zero-order valence-electron chi connectivity index (χ0n) is 17.0. The number of carboxylic acid groups (broad SMARTS) is 1. The third kappa shape index (κ3) is 5.26. The number of hydrogen-bond donors (Lipinski definition) is 5. The molecular weight excluding hydrogens is 454 g/mol. The van der Waals surface area contributed by atoms with Gasteiger partial charge in [-0.3, -0.25) is 19.4 Å². The first kappa shape index (κ1) is 23.3. The van der Waals surface area contributed by atoms with Crippen molar-refractivity contribution in [3.63, 3.8) is 0 Å². The summed E-state index contributed by atoms with van der Waals surface area (Å²) in [5.74, 6) is -2.41. The van der Waals surface area contributed by atoms with E-state index in [0.717, 1.165) is 14.7 Å². The molecule has 0 bridgehead atoms. The van der Waals surface area contributed by atoms with Gasteiger partial charge < -0.3 is 21.9 Å². The molecule has 2 aromatic heterocycles. The summed E-state index contributed by atoms with van der Waals surface area (Å²) in [6.45, 7) is 1.98. The van der Waals surface area contributed by atoms with Crippen molar-refractivity contribution in [2.75, 3.05) is 5.73 Å². The van der Waals surface area contributed by atoms with Crippen LogP contribution in [0.4, 0.5) is 5.95 Å². The van der Waals surface area contributed by atoms with Gasteiger partial charge in [0, 0.05) is 26.7 Å². The van der Waals surface area contributed by atoms with Gasteiger partial charge in [-0.05, 0) is 37.1 Å². The minimum absolute atomic E-state index is 0.0637. The zero-order chi connectivity index (χ0) is 23.4. The highest BCUT2D eigenvalue weighted by atomic mass is 32.2. The highest BCUT2D eigenvalue weighted by Gasteiger charge is 2.22. The van der Waals surface area contributed by atoms with Gasteiger partial charge in [0.2, 0.25) is 11.9 Å². The normalized spacial score (nSPS) is 11.9. The molecule has 12 heteroatoms. The Morgan fingerprint density at radius 2 is 1.97 bits per heavy atom. The molecule has 0 unspecified atom stereocenters. The monoisotopic (exact) mass is 475 g/mol. The number of primary amides is 1. The average Bonchev–Trinajstić information content (AvgIpc) is 3.08. The number of hydrogen-bond acceptors (Lipinski definition) is 8. The number of aliphatic carboxylic acids is 1. The van der Waals surface area contributed by atoms with E-state index in [0.29, 0.717) is 16.6 Å². The number of nitrogens with two attached hydrogens (primary N) is 2. The van der Waals surface area contributed by atoms with Gasteiger partial charge in [-0.15, -0.1) is 11.3 Å². The third-order valence-corrected chi connectivity index (χ3v) is 7.06. The van der Waals surface area contributed by atoms with Crippen molar-refractivity contribution in [1.29, 1.82) is 0 Å². The number of carbonyl (C=O) groups excluding carboxylic acids is 2. The highest BCUT2D eigenvalue weighted by Crippen LogP contribution is 2.39. The van der Waals surface area contributed by atoms with Gasteiger partial charge in [0.1, 0.15) is 10.9 Å². The number of thiophene rings is 1. The van der Waals surface area contributed by atoms with Crippen molar-refractivity contribution in [2.24, 2.45) is 5.73 Å². The fraction of sp³-hybridized carbons (Fsp3) is 0.250. The first-order valence-electron chi connectivity index (χ1n) is 9.60. The van der Waals surface area contributed by atoms with Gasteiger partial charge in [-0.1, -0.05) is 18.7 Å². The third-order valence-electron chi connectivity index (χ3n) is 4.55. The quantitative estimate of drug-likeness (QED) is 0.310. The molecule has 3 aromatic rings. The highest BCUT2D eigenvalue weighted by molar-refractivity contribution is 7.99. The van der Waals surface area contributed by atoms with Crippen LogP contribution in [-0.4, -0.2) is 38.9 Å². The van der Waals surface area contributed by atoms with Crippen LogP contribution in [0.3, 0.4) is 0 Å². The maximum absolute atomic E-state index is 12.4. The van der Waals surface area contributed by atoms with Crippen LogP contribution in [0.25, 0.3) is 10.2 Å². The van der Waals surface area contributed by atoms with E-state index >= 15 is 0 Å². The fourth-order valence-corrected chi connectivity index (χ4v) is 5.35. The second-order valence-electron chi connectivity index (χ2n) is 6.83. The van der Waals surface area contributed by atoms with Crippen LogP contribution in [0, 0.1) is 0 Å². The summed E-state index contributed by atoms with van der Waals surface area (Å²) in [5.41, 5.74) is 10.6. The summed E-state index contributed by atoms with van der Waals surface area (Å²) in [6, 6.07) is 5.32. The van der Waals surface area contributed by atoms with Crippen molar-refractivity contribution in [3.05, 3.63) is 45.1 Å². The van der Waals surface area contributed by atoms with Gasteiger partial charge >= 0.3 is 5.97 Å². The lowest BCUT2D eigenvalue weighted by Gasteiger charge is -2.14. The van der Waals surface area contributed by atoms with Gasteiger partial charge in [0.05, 0.1) is 5.39 Å². The summed E-state index contributed by atoms with van der Waals surface area (Å²) in [5, 5.41) is 12.1. The topological polar surface area (TPSA) is 181 Å². The number of benzene rings is 1. The molecule has 32 heavy (non-hydrogen) atoms. The minimum atomic E-state index is -1.25. The molecule has 0 aliphatic heterocycles. The molecular formula is C20H21N5O5S2. The first-order chi connectivity index (χ1) is 15.2. The standard InChI is InChI=1S/C20H21N5O5S2/c1-2-12-15(14-17(28)24-20(22)25-18(14)32-12)31-10-5-3-9(4-6-10)16(27)23-11(19(29)30)7-8-13(21)26/h3-6,11H,2,7-8H2,1H3,(H2,21,26)(H,23,27)(H,29,30)(H3,22,24,25,28)/t11-/m0/s1. The first-order valence-corrected chi connectivity index (χ1v) is 11.2. The van der Waals surface area contributed by atoms with Crippen LogP contribution in [0.2, 0.25) is 0 Å². The van der Waals surface area contributed by atoms with E-state index < -0.39 is 23.8 Å². The van der Waals surface area contributed by atoms with Gasteiger partial charge in [-0.25, -0.2) is 9.78 Å². The molecule has 0 saturated carbocycles. The molecule has 2 amide bonds. The Morgan fingerprint density at radius 1 is 1.28 bits per heavy atom. The Hall–Kier alpha value is -3.38. The lowest BCUT2D eigenvalue weighted by atomic mass is 10.1. The second-order valence-corrected chi connectivity index (χ2v) is 9.00. The van der Waals surface area contributed by atoms with Crippen molar-refractivity contribution >= 4 is 57.0 Å². The molecule has 168 valence electrons. The number of nitrogens with one attached hydrogen (secondary N) is 2. The van der Waals surface area contributed by atoms with Crippen molar-refractivity contribution in [3.8, 4) is 0 Å². The van der Waals surface area contributed by atoms with Crippen LogP contribution in [0.1, 0.15) is 35.0 Å². The van der Waals surface area contributed by atoms with E-state index in [9.17, 15) is 24.3 Å². The van der Waals surface area contributed by atoms with Crippen LogP contribution < -0.4 is 22.3 Å². The van der Waals surface area contributed by atoms with E-state index in [-0.39, 0.29) is 29.9 Å². The Morgan fingerprint density at radius 3 is 2.56 bits per heavy atom. The van der Waals surface area contributed by atoms with Gasteiger partial charge in [-0.2, -0.15) is 0 Å². The Kier molecular flexibility index (Phi) is 7.15. The average molecular weight is 476 g/mol. The van der Waals surface area contributed by atoms with E-state index in [4.69, 9.17) is 11.5 Å². The number of aryl methyl sites for hydroxylation is 1. The zero-order valence-corrected chi connectivity index (χ0v) is 18.6. The molecule has 0 spiro atoms. The number of aromatic amines is 1. The SMILES string of the molecule is CCc1sc2nc(N)[nH]c(=O)c2c1Sc1ccc(C(=O)N[C@@H](CCC(N)=O)C(=O)O)cc1. The number of rotatable bonds is 9. The van der Waals surface area contributed by atoms with E-state index in [2.05, 4.69) is 15.3 Å². The Labute approximate surface area is 190 Å². The molecule has 0 fully saturated rings. The molecule has 10 nitrogen and oxygen atoms in total. The molecule has 7 N–H and O–H groups in total. The molecule has 2 heterocycles. The number of nitrogen functional groups attached to an aromatic ring is 1. The summed E-state index contributed by atoms with van der Waals surface area (Å²) in [4.78, 5) is 56.9. The molecule has 1 atom stereocenters. The van der Waals surface area contributed by atoms with E-state index in [1.54, 1.807) is 24.3 Å². The van der Waals surface area contributed by atoms with Gasteiger partial charge in [0.15, 0.2) is 0 Å². The predicted octanol–water partition coefficient (Wildman–Crippen LogP) is 1.73. The minimum Gasteiger partial charge on any atom is -0.480 e.